The summed E-state index contributed by atoms with van der Waals surface area (Å²) in [5.74, 6) is 0. The third-order valence-corrected chi connectivity index (χ3v) is 2.26. The second-order valence-electron chi connectivity index (χ2n) is 3.20. The van der Waals surface area contributed by atoms with Crippen LogP contribution in [-0.2, 0) is 11.4 Å². The maximum Gasteiger partial charge on any atom is 0.235 e. The van der Waals surface area contributed by atoms with Crippen LogP contribution in [0.25, 0.3) is 0 Å². The number of halogens is 1. The van der Waals surface area contributed by atoms with Crippen LogP contribution in [0.4, 0.5) is 0 Å². The van der Waals surface area contributed by atoms with Crippen LogP contribution in [0.5, 0.6) is 0 Å². The summed E-state index contributed by atoms with van der Waals surface area (Å²) >= 11 is 5.81. The first-order valence-electron chi connectivity index (χ1n) is 4.45. The molecule has 3 N–H and O–H groups in total. The zero-order valence-corrected chi connectivity index (χ0v) is 8.55. The molecule has 0 aliphatic carbocycles. The van der Waals surface area contributed by atoms with Gasteiger partial charge in [-0.25, -0.2) is 10.2 Å². The van der Waals surface area contributed by atoms with Crippen LogP contribution in [-0.4, -0.2) is 28.0 Å². The minimum absolute atomic E-state index is 0.339. The van der Waals surface area contributed by atoms with Crippen LogP contribution in [0.2, 0.25) is 5.02 Å². The van der Waals surface area contributed by atoms with Crippen molar-refractivity contribution >= 4 is 11.6 Å². The van der Waals surface area contributed by atoms with Crippen molar-refractivity contribution in [3.8, 4) is 0 Å². The van der Waals surface area contributed by atoms with E-state index < -0.39 is 12.8 Å². The number of nitrogens with zero attached hydrogens (tertiary/aromatic N) is 1. The fourth-order valence-corrected chi connectivity index (χ4v) is 1.58. The van der Waals surface area contributed by atoms with E-state index in [1.165, 1.54) is 5.06 Å². The molecule has 82 valence electrons. The predicted molar refractivity (Wildman–Crippen MR) is 53.2 cm³/mol. The number of aliphatic hydroxyl groups excluding tert-OH is 2. The maximum atomic E-state index is 9.39. The summed E-state index contributed by atoms with van der Waals surface area (Å²) in [6, 6.07) is 7.19. The standard InChI is InChI=1S/C9H11ClN2O3/c10-7-3-1-2-6(4-7)5-12-8(13)11-9(14)15-12/h1-4,8-9,11,13-14H,5H2. The molecule has 2 rings (SSSR count). The van der Waals surface area contributed by atoms with E-state index in [4.69, 9.17) is 21.5 Å². The molecule has 2 unspecified atom stereocenters. The number of hydrogen-bond donors (Lipinski definition) is 3. The molecule has 1 aromatic rings. The van der Waals surface area contributed by atoms with E-state index in [1.807, 2.05) is 12.1 Å². The molecule has 0 radical (unpaired) electrons. The lowest BCUT2D eigenvalue weighted by Gasteiger charge is -2.16. The van der Waals surface area contributed by atoms with Crippen molar-refractivity contribution in [2.75, 3.05) is 0 Å². The Balaban J connectivity index is 2.03. The first kappa shape index (κ1) is 10.8. The van der Waals surface area contributed by atoms with Crippen molar-refractivity contribution in [1.29, 1.82) is 0 Å². The van der Waals surface area contributed by atoms with Gasteiger partial charge in [0.15, 0.2) is 6.35 Å². The zero-order chi connectivity index (χ0) is 10.8. The minimum Gasteiger partial charge on any atom is -0.364 e. The number of benzene rings is 1. The Bertz CT molecular complexity index is 350. The Morgan fingerprint density at radius 2 is 2.27 bits per heavy atom. The highest BCUT2D eigenvalue weighted by Gasteiger charge is 2.29. The monoisotopic (exact) mass is 230 g/mol. The summed E-state index contributed by atoms with van der Waals surface area (Å²) < 4.78 is 0. The summed E-state index contributed by atoms with van der Waals surface area (Å²) in [7, 11) is 0. The molecule has 0 amide bonds. The van der Waals surface area contributed by atoms with Crippen LogP contribution in [0.3, 0.4) is 0 Å². The first-order valence-corrected chi connectivity index (χ1v) is 4.83. The number of aliphatic hydroxyl groups is 2. The molecular weight excluding hydrogens is 220 g/mol. The average Bonchev–Trinajstić information content (AvgIpc) is 2.45. The van der Waals surface area contributed by atoms with Crippen molar-refractivity contribution in [3.63, 3.8) is 0 Å². The number of nitrogens with one attached hydrogen (secondary N) is 1. The van der Waals surface area contributed by atoms with Crippen LogP contribution < -0.4 is 5.32 Å². The predicted octanol–water partition coefficient (Wildman–Crippen LogP) is 0.229. The summed E-state index contributed by atoms with van der Waals surface area (Å²) in [4.78, 5) is 4.90. The van der Waals surface area contributed by atoms with Gasteiger partial charge < -0.3 is 10.2 Å². The lowest BCUT2D eigenvalue weighted by atomic mass is 10.2. The largest absolute Gasteiger partial charge is 0.364 e. The third-order valence-electron chi connectivity index (χ3n) is 2.03. The van der Waals surface area contributed by atoms with Crippen molar-refractivity contribution in [2.24, 2.45) is 0 Å². The van der Waals surface area contributed by atoms with Gasteiger partial charge in [0.25, 0.3) is 0 Å². The highest BCUT2D eigenvalue weighted by Crippen LogP contribution is 2.16. The van der Waals surface area contributed by atoms with Gasteiger partial charge in [-0.15, -0.1) is 5.06 Å². The van der Waals surface area contributed by atoms with E-state index >= 15 is 0 Å². The molecule has 2 atom stereocenters. The Labute approximate surface area is 91.8 Å². The van der Waals surface area contributed by atoms with Crippen LogP contribution >= 0.6 is 11.6 Å². The Morgan fingerprint density at radius 3 is 2.87 bits per heavy atom. The van der Waals surface area contributed by atoms with Gasteiger partial charge in [-0.2, -0.15) is 0 Å². The van der Waals surface area contributed by atoms with Crippen molar-refractivity contribution < 1.29 is 15.1 Å². The van der Waals surface area contributed by atoms with Gasteiger partial charge in [0.05, 0.1) is 6.54 Å². The summed E-state index contributed by atoms with van der Waals surface area (Å²) in [5, 5.41) is 22.7. The van der Waals surface area contributed by atoms with E-state index in [-0.39, 0.29) is 0 Å². The van der Waals surface area contributed by atoms with Crippen LogP contribution in [0.1, 0.15) is 5.56 Å². The molecule has 1 heterocycles. The Hall–Kier alpha value is -0.690. The van der Waals surface area contributed by atoms with E-state index in [9.17, 15) is 5.11 Å². The number of rotatable bonds is 2. The number of hydrogen-bond acceptors (Lipinski definition) is 5. The Kier molecular flexibility index (Phi) is 3.20. The fraction of sp³-hybridized carbons (Fsp3) is 0.333. The molecule has 0 spiro atoms. The van der Waals surface area contributed by atoms with Crippen molar-refractivity contribution in [3.05, 3.63) is 34.9 Å². The van der Waals surface area contributed by atoms with Crippen LogP contribution in [0.15, 0.2) is 24.3 Å². The van der Waals surface area contributed by atoms with E-state index in [0.717, 1.165) is 5.56 Å². The molecule has 1 aromatic carbocycles. The molecule has 1 saturated heterocycles. The smallest absolute Gasteiger partial charge is 0.235 e. The average molecular weight is 231 g/mol. The molecule has 0 saturated carbocycles. The summed E-state index contributed by atoms with van der Waals surface area (Å²) in [6.45, 7) is 0.339. The highest BCUT2D eigenvalue weighted by atomic mass is 35.5. The van der Waals surface area contributed by atoms with E-state index in [1.54, 1.807) is 12.1 Å². The number of hydroxylamine groups is 2. The molecule has 1 aliphatic rings. The van der Waals surface area contributed by atoms with Gasteiger partial charge in [0.1, 0.15) is 0 Å². The molecule has 1 fully saturated rings. The summed E-state index contributed by atoms with van der Waals surface area (Å²) in [5.41, 5.74) is 0.887. The minimum atomic E-state index is -1.17. The molecule has 0 bridgehead atoms. The lowest BCUT2D eigenvalue weighted by molar-refractivity contribution is -0.248. The zero-order valence-electron chi connectivity index (χ0n) is 7.80. The third kappa shape index (κ3) is 2.66. The topological polar surface area (TPSA) is 65.0 Å². The maximum absolute atomic E-state index is 9.39. The molecule has 15 heavy (non-hydrogen) atoms. The van der Waals surface area contributed by atoms with Gasteiger partial charge >= 0.3 is 0 Å². The molecule has 5 nitrogen and oxygen atoms in total. The van der Waals surface area contributed by atoms with Gasteiger partial charge in [0.2, 0.25) is 6.41 Å². The summed E-state index contributed by atoms with van der Waals surface area (Å²) in [6.07, 6.45) is -2.18. The highest BCUT2D eigenvalue weighted by molar-refractivity contribution is 6.30. The fourth-order valence-electron chi connectivity index (χ4n) is 1.37. The molecule has 0 aromatic heterocycles. The lowest BCUT2D eigenvalue weighted by Crippen LogP contribution is -2.35. The molecular formula is C9H11ClN2O3. The van der Waals surface area contributed by atoms with Gasteiger partial charge in [-0.1, -0.05) is 23.7 Å². The second-order valence-corrected chi connectivity index (χ2v) is 3.64. The van der Waals surface area contributed by atoms with E-state index in [2.05, 4.69) is 5.32 Å². The van der Waals surface area contributed by atoms with Crippen molar-refractivity contribution in [1.82, 2.24) is 10.4 Å². The van der Waals surface area contributed by atoms with Gasteiger partial charge in [-0.05, 0) is 17.7 Å². The SMILES string of the molecule is OC1NC(O)N(Cc2cccc(Cl)c2)O1. The van der Waals surface area contributed by atoms with Crippen molar-refractivity contribution in [2.45, 2.75) is 19.3 Å². The normalized spacial score (nSPS) is 27.1. The van der Waals surface area contributed by atoms with E-state index in [0.29, 0.717) is 11.6 Å². The quantitative estimate of drug-likeness (QED) is 0.679. The van der Waals surface area contributed by atoms with Gasteiger partial charge in [-0.3, -0.25) is 0 Å². The molecule has 1 aliphatic heterocycles. The van der Waals surface area contributed by atoms with Gasteiger partial charge in [0, 0.05) is 5.02 Å². The van der Waals surface area contributed by atoms with Crippen LogP contribution in [0, 0.1) is 0 Å². The Morgan fingerprint density at radius 1 is 1.47 bits per heavy atom. The molecule has 6 heteroatoms. The first-order chi connectivity index (χ1) is 7.15. The second kappa shape index (κ2) is 4.44.